The van der Waals surface area contributed by atoms with Crippen LogP contribution in [0, 0.1) is 0 Å². The van der Waals surface area contributed by atoms with Crippen LogP contribution in [-0.4, -0.2) is 37.1 Å². The molecular weight excluding hydrogens is 316 g/mol. The molecule has 2 N–H and O–H groups in total. The molecular formula is C16H18N2O6. The average molecular weight is 334 g/mol. The zero-order valence-electron chi connectivity index (χ0n) is 13.3. The monoisotopic (exact) mass is 334 g/mol. The lowest BCUT2D eigenvalue weighted by atomic mass is 10.2. The first-order valence-electron chi connectivity index (χ1n) is 7.24. The summed E-state index contributed by atoms with van der Waals surface area (Å²) in [5, 5.41) is 0. The minimum Gasteiger partial charge on any atom is -0.485 e. The largest absolute Gasteiger partial charge is 0.485 e. The number of amides is 2. The van der Waals surface area contributed by atoms with Crippen LogP contribution in [0.1, 0.15) is 13.8 Å². The van der Waals surface area contributed by atoms with Crippen LogP contribution in [-0.2, 0) is 19.1 Å². The number of ether oxygens (including phenoxy) is 3. The second kappa shape index (κ2) is 8.00. The fourth-order valence-electron chi connectivity index (χ4n) is 1.81. The number of fused-ring (bicyclic) bond motifs is 1. The van der Waals surface area contributed by atoms with Crippen LogP contribution in [0.15, 0.2) is 35.9 Å². The molecule has 1 aliphatic heterocycles. The molecule has 8 heteroatoms. The molecule has 8 nitrogen and oxygen atoms in total. The van der Waals surface area contributed by atoms with Crippen LogP contribution in [0.25, 0.3) is 0 Å². The van der Waals surface area contributed by atoms with Crippen molar-refractivity contribution in [1.29, 1.82) is 0 Å². The van der Waals surface area contributed by atoms with Gasteiger partial charge in [0.2, 0.25) is 6.10 Å². The summed E-state index contributed by atoms with van der Waals surface area (Å²) in [4.78, 5) is 34.7. The van der Waals surface area contributed by atoms with E-state index in [1.807, 2.05) is 0 Å². The van der Waals surface area contributed by atoms with Crippen molar-refractivity contribution in [3.05, 3.63) is 35.9 Å². The number of esters is 1. The highest BCUT2D eigenvalue weighted by molar-refractivity contribution is 5.88. The van der Waals surface area contributed by atoms with Gasteiger partial charge in [-0.1, -0.05) is 17.7 Å². The van der Waals surface area contributed by atoms with Crippen LogP contribution >= 0.6 is 0 Å². The molecule has 2 rings (SSSR count). The summed E-state index contributed by atoms with van der Waals surface area (Å²) < 4.78 is 15.6. The molecule has 0 unspecified atom stereocenters. The topological polar surface area (TPSA) is 103 Å². The Kier molecular flexibility index (Phi) is 5.78. The number of hydrogen-bond acceptors (Lipinski definition) is 6. The Morgan fingerprint density at radius 2 is 1.92 bits per heavy atom. The lowest BCUT2D eigenvalue weighted by molar-refractivity contribution is -0.145. The van der Waals surface area contributed by atoms with Gasteiger partial charge >= 0.3 is 5.97 Å². The zero-order valence-corrected chi connectivity index (χ0v) is 13.3. The van der Waals surface area contributed by atoms with Crippen molar-refractivity contribution in [3.8, 4) is 11.5 Å². The number of allylic oxidation sites excluding steroid dienone is 1. The van der Waals surface area contributed by atoms with Crippen molar-refractivity contribution in [2.45, 2.75) is 20.0 Å². The maximum Gasteiger partial charge on any atom is 0.331 e. The second-order valence-corrected chi connectivity index (χ2v) is 5.23. The van der Waals surface area contributed by atoms with Gasteiger partial charge in [-0.2, -0.15) is 0 Å². The molecule has 0 saturated heterocycles. The summed E-state index contributed by atoms with van der Waals surface area (Å²) in [6, 6.07) is 6.95. The molecule has 2 amide bonds. The Hall–Kier alpha value is -3.03. The molecule has 0 bridgehead atoms. The number of nitrogens with one attached hydrogen (secondary N) is 2. The predicted molar refractivity (Wildman–Crippen MR) is 83.0 cm³/mol. The first-order chi connectivity index (χ1) is 11.5. The average Bonchev–Trinajstić information content (AvgIpc) is 2.56. The summed E-state index contributed by atoms with van der Waals surface area (Å²) in [6.45, 7) is 2.97. The van der Waals surface area contributed by atoms with Gasteiger partial charge in [0.25, 0.3) is 11.8 Å². The Balaban J connectivity index is 1.74. The third-order valence-electron chi connectivity index (χ3n) is 2.88. The number of carbonyl (C=O) groups excluding carboxylic acids is 3. The van der Waals surface area contributed by atoms with E-state index < -0.39 is 30.5 Å². The van der Waals surface area contributed by atoms with E-state index in [4.69, 9.17) is 14.2 Å². The standard InChI is InChI=1S/C16H18N2O6/c1-10(2)7-15(20)23-9-14(19)17-18-16(21)13-8-22-11-5-3-4-6-12(11)24-13/h3-7,13H,8-9H2,1-2H3,(H,17,19)(H,18,21)/t13-/m0/s1. The Morgan fingerprint density at radius 1 is 1.21 bits per heavy atom. The minimum absolute atomic E-state index is 0.0221. The van der Waals surface area contributed by atoms with Crippen molar-refractivity contribution in [1.82, 2.24) is 10.9 Å². The van der Waals surface area contributed by atoms with Crippen molar-refractivity contribution in [2.24, 2.45) is 0 Å². The third-order valence-corrected chi connectivity index (χ3v) is 2.88. The normalized spacial score (nSPS) is 15.0. The summed E-state index contributed by atoms with van der Waals surface area (Å²) in [6.07, 6.45) is 0.365. The maximum absolute atomic E-state index is 11.9. The number of carbonyl (C=O) groups is 3. The van der Waals surface area contributed by atoms with Crippen LogP contribution < -0.4 is 20.3 Å². The minimum atomic E-state index is -0.895. The van der Waals surface area contributed by atoms with Gasteiger partial charge in [0.15, 0.2) is 18.1 Å². The zero-order chi connectivity index (χ0) is 17.5. The predicted octanol–water partition coefficient (Wildman–Crippen LogP) is 0.483. The van der Waals surface area contributed by atoms with E-state index in [1.54, 1.807) is 38.1 Å². The number of hydrogen-bond donors (Lipinski definition) is 2. The van der Waals surface area contributed by atoms with Gasteiger partial charge in [-0.3, -0.25) is 20.4 Å². The molecule has 128 valence electrons. The molecule has 1 atom stereocenters. The molecule has 1 aliphatic rings. The SMILES string of the molecule is CC(C)=CC(=O)OCC(=O)NNC(=O)[C@@H]1COc2ccccc2O1. The molecule has 1 aromatic carbocycles. The molecule has 1 aromatic rings. The quantitative estimate of drug-likeness (QED) is 0.472. The highest BCUT2D eigenvalue weighted by Gasteiger charge is 2.27. The van der Waals surface area contributed by atoms with E-state index in [0.717, 1.165) is 5.57 Å². The van der Waals surface area contributed by atoms with E-state index in [1.165, 1.54) is 6.08 Å². The van der Waals surface area contributed by atoms with Gasteiger partial charge in [0.1, 0.15) is 6.61 Å². The van der Waals surface area contributed by atoms with E-state index in [0.29, 0.717) is 11.5 Å². The highest BCUT2D eigenvalue weighted by atomic mass is 16.6. The van der Waals surface area contributed by atoms with Crippen LogP contribution in [0.3, 0.4) is 0 Å². The molecule has 0 saturated carbocycles. The van der Waals surface area contributed by atoms with E-state index in [-0.39, 0.29) is 6.61 Å². The van der Waals surface area contributed by atoms with Gasteiger partial charge in [-0.25, -0.2) is 4.79 Å². The second-order valence-electron chi connectivity index (χ2n) is 5.23. The van der Waals surface area contributed by atoms with Crippen LogP contribution in [0.2, 0.25) is 0 Å². The Morgan fingerprint density at radius 3 is 2.62 bits per heavy atom. The third kappa shape index (κ3) is 5.01. The fraction of sp³-hybridized carbons (Fsp3) is 0.312. The van der Waals surface area contributed by atoms with Gasteiger partial charge < -0.3 is 14.2 Å². The van der Waals surface area contributed by atoms with E-state index in [2.05, 4.69) is 10.9 Å². The van der Waals surface area contributed by atoms with Crippen LogP contribution in [0.5, 0.6) is 11.5 Å². The molecule has 0 radical (unpaired) electrons. The van der Waals surface area contributed by atoms with Crippen molar-refractivity contribution in [2.75, 3.05) is 13.2 Å². The molecule has 0 aliphatic carbocycles. The Labute approximate surface area is 138 Å². The smallest absolute Gasteiger partial charge is 0.331 e. The first kappa shape index (κ1) is 17.3. The number of para-hydroxylation sites is 2. The van der Waals surface area contributed by atoms with Gasteiger partial charge in [0, 0.05) is 6.08 Å². The highest BCUT2D eigenvalue weighted by Crippen LogP contribution is 2.30. The summed E-state index contributed by atoms with van der Waals surface area (Å²) in [5.74, 6) is -0.871. The van der Waals surface area contributed by atoms with Gasteiger partial charge in [-0.15, -0.1) is 0 Å². The lowest BCUT2D eigenvalue weighted by Gasteiger charge is -2.25. The van der Waals surface area contributed by atoms with Crippen molar-refractivity contribution < 1.29 is 28.6 Å². The molecule has 24 heavy (non-hydrogen) atoms. The van der Waals surface area contributed by atoms with E-state index >= 15 is 0 Å². The summed E-state index contributed by atoms with van der Waals surface area (Å²) in [7, 11) is 0. The summed E-state index contributed by atoms with van der Waals surface area (Å²) >= 11 is 0. The van der Waals surface area contributed by atoms with Crippen molar-refractivity contribution >= 4 is 17.8 Å². The number of hydrazine groups is 1. The molecule has 0 aromatic heterocycles. The number of benzene rings is 1. The fourth-order valence-corrected chi connectivity index (χ4v) is 1.81. The first-order valence-corrected chi connectivity index (χ1v) is 7.24. The molecule has 0 fully saturated rings. The number of rotatable bonds is 4. The summed E-state index contributed by atoms with van der Waals surface area (Å²) in [5.41, 5.74) is 5.09. The van der Waals surface area contributed by atoms with E-state index in [9.17, 15) is 14.4 Å². The molecule has 0 spiro atoms. The Bertz CT molecular complexity index is 666. The van der Waals surface area contributed by atoms with Gasteiger partial charge in [-0.05, 0) is 26.0 Å². The van der Waals surface area contributed by atoms with Gasteiger partial charge in [0.05, 0.1) is 0 Å². The maximum atomic E-state index is 11.9. The van der Waals surface area contributed by atoms with Crippen molar-refractivity contribution in [3.63, 3.8) is 0 Å². The molecule has 1 heterocycles. The lowest BCUT2D eigenvalue weighted by Crippen LogP contribution is -2.51. The van der Waals surface area contributed by atoms with Crippen LogP contribution in [0.4, 0.5) is 0 Å².